The van der Waals surface area contributed by atoms with E-state index in [1.807, 2.05) is 31.0 Å². The van der Waals surface area contributed by atoms with Crippen LogP contribution in [-0.4, -0.2) is 34.9 Å². The second kappa shape index (κ2) is 6.26. The molecule has 1 saturated heterocycles. The van der Waals surface area contributed by atoms with Crippen molar-refractivity contribution >= 4 is 23.2 Å². The summed E-state index contributed by atoms with van der Waals surface area (Å²) >= 11 is 6.33. The van der Waals surface area contributed by atoms with Gasteiger partial charge in [-0.1, -0.05) is 17.7 Å². The van der Waals surface area contributed by atoms with Gasteiger partial charge in [0.05, 0.1) is 23.3 Å². The summed E-state index contributed by atoms with van der Waals surface area (Å²) in [5, 5.41) is 0.549. The number of nitrogens with zero attached hydrogens (tertiary/aromatic N) is 3. The van der Waals surface area contributed by atoms with Gasteiger partial charge in [-0.15, -0.1) is 0 Å². The third-order valence-electron chi connectivity index (χ3n) is 4.11. The van der Waals surface area contributed by atoms with E-state index in [2.05, 4.69) is 16.0 Å². The van der Waals surface area contributed by atoms with Crippen molar-refractivity contribution in [3.05, 3.63) is 40.7 Å². The number of aromatic nitrogens is 2. The summed E-state index contributed by atoms with van der Waals surface area (Å²) in [6.07, 6.45) is 4.08. The number of Topliss-reactive ketones (excluding diaryl/α,β-unsaturated/α-hetero) is 1. The quantitative estimate of drug-likeness (QED) is 0.916. The summed E-state index contributed by atoms with van der Waals surface area (Å²) in [6, 6.07) is 3.61. The molecule has 1 atom stereocenters. The van der Waals surface area contributed by atoms with Crippen molar-refractivity contribution < 1.29 is 4.79 Å². The van der Waals surface area contributed by atoms with Gasteiger partial charge in [-0.05, 0) is 37.5 Å². The summed E-state index contributed by atoms with van der Waals surface area (Å²) in [5.41, 5.74) is 9.60. The van der Waals surface area contributed by atoms with E-state index in [0.717, 1.165) is 28.2 Å². The number of piperidine rings is 1. The fraction of sp³-hybridized carbons (Fsp3) is 0.353. The molecular weight excluding hydrogens is 312 g/mol. The fourth-order valence-corrected chi connectivity index (χ4v) is 3.01. The summed E-state index contributed by atoms with van der Waals surface area (Å²) in [7, 11) is 0. The average molecular weight is 331 g/mol. The Morgan fingerprint density at radius 3 is 2.74 bits per heavy atom. The van der Waals surface area contributed by atoms with Crippen LogP contribution in [0.5, 0.6) is 0 Å². The second-order valence-corrected chi connectivity index (χ2v) is 6.39. The Labute approximate surface area is 140 Å². The number of nitrogens with two attached hydrogens (primary N) is 1. The molecule has 3 rings (SSSR count). The Hall–Kier alpha value is -1.98. The molecule has 3 heterocycles. The topological polar surface area (TPSA) is 72.1 Å². The van der Waals surface area contributed by atoms with Gasteiger partial charge in [0, 0.05) is 24.5 Å². The lowest BCUT2D eigenvalue weighted by molar-refractivity contribution is -0.119. The van der Waals surface area contributed by atoms with Gasteiger partial charge in [0.2, 0.25) is 0 Å². The highest BCUT2D eigenvalue weighted by Gasteiger charge is 2.25. The maximum Gasteiger partial charge on any atom is 0.168 e. The normalized spacial score (nSPS) is 18.3. The zero-order chi connectivity index (χ0) is 16.6. The molecule has 0 aromatic carbocycles. The van der Waals surface area contributed by atoms with Crippen LogP contribution in [0.3, 0.4) is 0 Å². The number of hydrogen-bond donors (Lipinski definition) is 1. The van der Waals surface area contributed by atoms with Crippen LogP contribution in [0.1, 0.15) is 17.5 Å². The van der Waals surface area contributed by atoms with Crippen LogP contribution in [0.25, 0.3) is 11.3 Å². The van der Waals surface area contributed by atoms with Crippen LogP contribution in [0.4, 0.5) is 5.82 Å². The van der Waals surface area contributed by atoms with Gasteiger partial charge in [0.15, 0.2) is 5.78 Å². The highest BCUT2D eigenvalue weighted by molar-refractivity contribution is 6.33. The van der Waals surface area contributed by atoms with Crippen LogP contribution in [0, 0.1) is 13.8 Å². The van der Waals surface area contributed by atoms with Gasteiger partial charge in [0.25, 0.3) is 0 Å². The molecule has 2 aromatic heterocycles. The number of halogens is 1. The smallest absolute Gasteiger partial charge is 0.168 e. The highest BCUT2D eigenvalue weighted by Crippen LogP contribution is 2.31. The van der Waals surface area contributed by atoms with E-state index in [9.17, 15) is 4.79 Å². The van der Waals surface area contributed by atoms with Gasteiger partial charge in [-0.3, -0.25) is 9.78 Å². The maximum atomic E-state index is 11.9. The zero-order valence-corrected chi connectivity index (χ0v) is 14.0. The summed E-state index contributed by atoms with van der Waals surface area (Å²) < 4.78 is 0. The monoisotopic (exact) mass is 330 g/mol. The second-order valence-electron chi connectivity index (χ2n) is 5.98. The Bertz CT molecular complexity index is 762. The first-order valence-corrected chi connectivity index (χ1v) is 7.96. The van der Waals surface area contributed by atoms with Gasteiger partial charge in [-0.2, -0.15) is 0 Å². The molecule has 5 nitrogen and oxygen atoms in total. The van der Waals surface area contributed by atoms with E-state index in [1.54, 1.807) is 6.20 Å². The third kappa shape index (κ3) is 3.21. The molecule has 1 aliphatic rings. The van der Waals surface area contributed by atoms with Crippen LogP contribution in [0.15, 0.2) is 24.5 Å². The van der Waals surface area contributed by atoms with Gasteiger partial charge >= 0.3 is 0 Å². The lowest BCUT2D eigenvalue weighted by Crippen LogP contribution is -2.47. The first kappa shape index (κ1) is 15.9. The number of anilines is 1. The van der Waals surface area contributed by atoms with E-state index in [1.165, 1.54) is 0 Å². The van der Waals surface area contributed by atoms with E-state index >= 15 is 0 Å². The van der Waals surface area contributed by atoms with Crippen LogP contribution < -0.4 is 10.6 Å². The van der Waals surface area contributed by atoms with Crippen LogP contribution in [-0.2, 0) is 4.79 Å². The summed E-state index contributed by atoms with van der Waals surface area (Å²) in [6.45, 7) is 5.01. The van der Waals surface area contributed by atoms with Crippen molar-refractivity contribution in [1.82, 2.24) is 9.97 Å². The molecule has 0 aliphatic carbocycles. The molecule has 0 amide bonds. The number of carbonyl (C=O) groups is 1. The molecule has 1 aliphatic heterocycles. The molecule has 0 radical (unpaired) electrons. The van der Waals surface area contributed by atoms with Crippen molar-refractivity contribution in [2.24, 2.45) is 5.73 Å². The standard InChI is InChI=1S/C17H19ClN4O/c1-10-5-11(2)17(21-7-10)12-6-16(20-8-13(12)18)22-4-3-14(19)15(23)9-22/h5-8,14H,3-4,9,19H2,1-2H3. The predicted octanol–water partition coefficient (Wildman–Crippen LogP) is 2.52. The molecule has 2 aromatic rings. The Kier molecular flexibility index (Phi) is 4.33. The van der Waals surface area contributed by atoms with Gasteiger partial charge in [0.1, 0.15) is 5.82 Å². The van der Waals surface area contributed by atoms with Crippen molar-refractivity contribution in [2.45, 2.75) is 26.3 Å². The Morgan fingerprint density at radius 1 is 1.26 bits per heavy atom. The van der Waals surface area contributed by atoms with Crippen molar-refractivity contribution in [3.63, 3.8) is 0 Å². The molecular formula is C17H19ClN4O. The molecule has 2 N–H and O–H groups in total. The van der Waals surface area contributed by atoms with Gasteiger partial charge < -0.3 is 10.6 Å². The molecule has 0 spiro atoms. The van der Waals surface area contributed by atoms with Crippen molar-refractivity contribution in [1.29, 1.82) is 0 Å². The number of carbonyl (C=O) groups excluding carboxylic acids is 1. The van der Waals surface area contributed by atoms with Gasteiger partial charge in [-0.25, -0.2) is 4.98 Å². The molecule has 1 fully saturated rings. The lowest BCUT2D eigenvalue weighted by Gasteiger charge is -2.30. The molecule has 23 heavy (non-hydrogen) atoms. The minimum absolute atomic E-state index is 0.0409. The van der Waals surface area contributed by atoms with Crippen LogP contribution >= 0.6 is 11.6 Å². The average Bonchev–Trinajstić information content (AvgIpc) is 2.51. The lowest BCUT2D eigenvalue weighted by atomic mass is 10.0. The number of aryl methyl sites for hydroxylation is 2. The summed E-state index contributed by atoms with van der Waals surface area (Å²) in [5.74, 6) is 0.769. The number of hydrogen-bond acceptors (Lipinski definition) is 5. The minimum atomic E-state index is -0.362. The minimum Gasteiger partial charge on any atom is -0.349 e. The number of rotatable bonds is 2. The first-order valence-electron chi connectivity index (χ1n) is 7.58. The van der Waals surface area contributed by atoms with E-state index in [4.69, 9.17) is 17.3 Å². The number of ketones is 1. The SMILES string of the molecule is Cc1cnc(-c2cc(N3CCC(N)C(=O)C3)ncc2Cl)c(C)c1. The molecule has 6 heteroatoms. The largest absolute Gasteiger partial charge is 0.349 e. The first-order chi connectivity index (χ1) is 11.0. The number of pyridine rings is 2. The fourth-order valence-electron chi connectivity index (χ4n) is 2.82. The van der Waals surface area contributed by atoms with E-state index in [0.29, 0.717) is 18.0 Å². The Morgan fingerprint density at radius 2 is 2.04 bits per heavy atom. The zero-order valence-electron chi connectivity index (χ0n) is 13.2. The van der Waals surface area contributed by atoms with E-state index < -0.39 is 0 Å². The van der Waals surface area contributed by atoms with Crippen LogP contribution in [0.2, 0.25) is 5.02 Å². The third-order valence-corrected chi connectivity index (χ3v) is 4.41. The van der Waals surface area contributed by atoms with E-state index in [-0.39, 0.29) is 18.4 Å². The van der Waals surface area contributed by atoms with Crippen molar-refractivity contribution in [3.8, 4) is 11.3 Å². The highest BCUT2D eigenvalue weighted by atomic mass is 35.5. The van der Waals surface area contributed by atoms with Crippen molar-refractivity contribution in [2.75, 3.05) is 18.0 Å². The maximum absolute atomic E-state index is 11.9. The summed E-state index contributed by atoms with van der Waals surface area (Å²) in [4.78, 5) is 22.7. The molecule has 120 valence electrons. The molecule has 0 bridgehead atoms. The predicted molar refractivity (Wildman–Crippen MR) is 91.8 cm³/mol. The molecule has 0 saturated carbocycles. The molecule has 1 unspecified atom stereocenters. The Balaban J connectivity index is 1.98.